The number of rotatable bonds is 6. The number of nitriles is 1. The normalized spacial score (nSPS) is 9.50. The van der Waals surface area contributed by atoms with Crippen LogP contribution >= 0.6 is 0 Å². The van der Waals surface area contributed by atoms with Gasteiger partial charge < -0.3 is 9.90 Å². The molecule has 18 heavy (non-hydrogen) atoms. The van der Waals surface area contributed by atoms with Gasteiger partial charge in [0.25, 0.3) is 0 Å². The molecule has 1 aromatic carbocycles. The highest BCUT2D eigenvalue weighted by atomic mass is 16.4. The van der Waals surface area contributed by atoms with Gasteiger partial charge in [0.15, 0.2) is 11.6 Å². The van der Waals surface area contributed by atoms with Crippen LogP contribution in [0.4, 0.5) is 0 Å². The predicted octanol–water partition coefficient (Wildman–Crippen LogP) is 0.0346. The summed E-state index contributed by atoms with van der Waals surface area (Å²) in [5, 5.41) is 18.7. The monoisotopic (exact) mass is 244 g/mol. The Morgan fingerprint density at radius 2 is 2.00 bits per heavy atom. The van der Waals surface area contributed by atoms with E-state index in [1.807, 2.05) is 6.07 Å². The molecular formula is C13H10NO4-. The van der Waals surface area contributed by atoms with Gasteiger partial charge >= 0.3 is 0 Å². The molecule has 0 unspecified atom stereocenters. The Morgan fingerprint density at radius 1 is 1.28 bits per heavy atom. The average Bonchev–Trinajstić information content (AvgIpc) is 2.36. The third kappa shape index (κ3) is 3.83. The van der Waals surface area contributed by atoms with E-state index >= 15 is 0 Å². The van der Waals surface area contributed by atoms with Crippen molar-refractivity contribution in [3.8, 4) is 6.07 Å². The number of nitrogens with zero attached hydrogens (tertiary/aromatic N) is 1. The zero-order valence-electron chi connectivity index (χ0n) is 9.51. The molecule has 0 amide bonds. The van der Waals surface area contributed by atoms with Crippen LogP contribution in [0.1, 0.15) is 28.8 Å². The minimum Gasteiger partial charge on any atom is -0.542 e. The van der Waals surface area contributed by atoms with Crippen molar-refractivity contribution in [2.75, 3.05) is 0 Å². The number of ketones is 2. The van der Waals surface area contributed by atoms with E-state index in [0.29, 0.717) is 12.8 Å². The smallest absolute Gasteiger partial charge is 0.185 e. The van der Waals surface area contributed by atoms with Crippen LogP contribution in [0.15, 0.2) is 24.3 Å². The fourth-order valence-electron chi connectivity index (χ4n) is 1.42. The Kier molecular flexibility index (Phi) is 4.76. The van der Waals surface area contributed by atoms with Crippen molar-refractivity contribution in [3.63, 3.8) is 0 Å². The lowest BCUT2D eigenvalue weighted by molar-refractivity contribution is -0.299. The largest absolute Gasteiger partial charge is 0.542 e. The number of aryl methyl sites for hydroxylation is 1. The number of aliphatic carboxylic acids is 1. The number of hydrogen-bond acceptors (Lipinski definition) is 5. The van der Waals surface area contributed by atoms with E-state index < -0.39 is 24.0 Å². The Morgan fingerprint density at radius 3 is 2.61 bits per heavy atom. The molecule has 0 radical (unpaired) electrons. The second kappa shape index (κ2) is 6.30. The first-order chi connectivity index (χ1) is 8.54. The van der Waals surface area contributed by atoms with Crippen LogP contribution in [-0.2, 0) is 16.0 Å². The van der Waals surface area contributed by atoms with Gasteiger partial charge in [0.1, 0.15) is 5.97 Å². The molecular weight excluding hydrogens is 234 g/mol. The van der Waals surface area contributed by atoms with Gasteiger partial charge in [-0.1, -0.05) is 18.2 Å². The Balaban J connectivity index is 2.77. The van der Waals surface area contributed by atoms with Crippen molar-refractivity contribution < 1.29 is 19.5 Å². The van der Waals surface area contributed by atoms with Crippen molar-refractivity contribution in [1.82, 2.24) is 0 Å². The maximum atomic E-state index is 11.6. The van der Waals surface area contributed by atoms with Crippen molar-refractivity contribution in [2.24, 2.45) is 0 Å². The summed E-state index contributed by atoms with van der Waals surface area (Å²) in [7, 11) is 0. The summed E-state index contributed by atoms with van der Waals surface area (Å²) in [5.41, 5.74) is 1.06. The van der Waals surface area contributed by atoms with Gasteiger partial charge in [0, 0.05) is 12.0 Å². The number of carbonyl (C=O) groups is 3. The topological polar surface area (TPSA) is 98.1 Å². The molecule has 0 saturated carbocycles. The summed E-state index contributed by atoms with van der Waals surface area (Å²) in [5.74, 6) is -3.66. The summed E-state index contributed by atoms with van der Waals surface area (Å²) < 4.78 is 0. The van der Waals surface area contributed by atoms with Gasteiger partial charge in [0.05, 0.1) is 12.5 Å². The Hall–Kier alpha value is -2.48. The Bertz CT molecular complexity index is 528. The van der Waals surface area contributed by atoms with Gasteiger partial charge in [0.2, 0.25) is 0 Å². The van der Waals surface area contributed by atoms with E-state index in [4.69, 9.17) is 5.26 Å². The second-order valence-electron chi connectivity index (χ2n) is 3.67. The van der Waals surface area contributed by atoms with Gasteiger partial charge in [-0.2, -0.15) is 5.26 Å². The Labute approximate surface area is 104 Å². The minimum absolute atomic E-state index is 0.264. The SMILES string of the molecule is N#CCCc1cccc(C(=O)CC(=O)C(=O)[O-])c1. The first kappa shape index (κ1) is 13.6. The van der Waals surface area contributed by atoms with E-state index in [-0.39, 0.29) is 5.56 Å². The fraction of sp³-hybridized carbons (Fsp3) is 0.231. The van der Waals surface area contributed by atoms with Crippen molar-refractivity contribution in [2.45, 2.75) is 19.3 Å². The third-order valence-corrected chi connectivity index (χ3v) is 2.32. The number of carbonyl (C=O) groups excluding carboxylic acids is 3. The van der Waals surface area contributed by atoms with Crippen LogP contribution < -0.4 is 5.11 Å². The molecule has 1 rings (SSSR count). The van der Waals surface area contributed by atoms with Crippen LogP contribution in [-0.4, -0.2) is 17.5 Å². The van der Waals surface area contributed by atoms with Crippen LogP contribution in [0.5, 0.6) is 0 Å². The number of hydrogen-bond donors (Lipinski definition) is 0. The first-order valence-corrected chi connectivity index (χ1v) is 5.28. The predicted molar refractivity (Wildman–Crippen MR) is 59.3 cm³/mol. The molecule has 0 atom stereocenters. The zero-order valence-corrected chi connectivity index (χ0v) is 9.51. The molecule has 0 fully saturated rings. The maximum Gasteiger partial charge on any atom is 0.185 e. The van der Waals surface area contributed by atoms with Gasteiger partial charge in [-0.25, -0.2) is 0 Å². The van der Waals surface area contributed by atoms with Gasteiger partial charge in [-0.3, -0.25) is 9.59 Å². The molecule has 0 aromatic heterocycles. The lowest BCUT2D eigenvalue weighted by Gasteiger charge is -2.03. The van der Waals surface area contributed by atoms with Gasteiger partial charge in [-0.05, 0) is 18.1 Å². The number of carboxylic acids is 1. The first-order valence-electron chi connectivity index (χ1n) is 5.28. The number of benzene rings is 1. The van der Waals surface area contributed by atoms with Crippen molar-refractivity contribution in [1.29, 1.82) is 5.26 Å². The highest BCUT2D eigenvalue weighted by Crippen LogP contribution is 2.10. The summed E-state index contributed by atoms with van der Waals surface area (Å²) in [6, 6.07) is 8.43. The van der Waals surface area contributed by atoms with Crippen molar-refractivity contribution >= 4 is 17.5 Å². The molecule has 0 bridgehead atoms. The second-order valence-corrected chi connectivity index (χ2v) is 3.67. The van der Waals surface area contributed by atoms with E-state index in [0.717, 1.165) is 5.56 Å². The molecule has 5 nitrogen and oxygen atoms in total. The number of carboxylic acid groups (broad SMARTS) is 1. The molecule has 0 saturated heterocycles. The van der Waals surface area contributed by atoms with Crippen LogP contribution in [0, 0.1) is 11.3 Å². The molecule has 92 valence electrons. The van der Waals surface area contributed by atoms with E-state index in [1.165, 1.54) is 6.07 Å². The van der Waals surface area contributed by atoms with Crippen LogP contribution in [0.25, 0.3) is 0 Å². The maximum absolute atomic E-state index is 11.6. The molecule has 0 aliphatic rings. The molecule has 0 aliphatic heterocycles. The third-order valence-electron chi connectivity index (χ3n) is 2.32. The van der Waals surface area contributed by atoms with Crippen LogP contribution in [0.2, 0.25) is 0 Å². The lowest BCUT2D eigenvalue weighted by atomic mass is 10.0. The summed E-state index contributed by atoms with van der Waals surface area (Å²) in [6.45, 7) is 0. The van der Waals surface area contributed by atoms with Gasteiger partial charge in [-0.15, -0.1) is 0 Å². The average molecular weight is 244 g/mol. The lowest BCUT2D eigenvalue weighted by Crippen LogP contribution is -2.32. The van der Waals surface area contributed by atoms with E-state index in [9.17, 15) is 19.5 Å². The zero-order chi connectivity index (χ0) is 13.5. The van der Waals surface area contributed by atoms with E-state index in [2.05, 4.69) is 0 Å². The standard InChI is InChI=1S/C13H11NO4/c14-6-2-4-9-3-1-5-10(7-9)11(15)8-12(16)13(17)18/h1,3,5,7H,2,4,8H2,(H,17,18)/p-1. The fourth-order valence-corrected chi connectivity index (χ4v) is 1.42. The molecule has 1 aromatic rings. The highest BCUT2D eigenvalue weighted by Gasteiger charge is 2.12. The summed E-state index contributed by atoms with van der Waals surface area (Å²) in [4.78, 5) is 32.7. The van der Waals surface area contributed by atoms with Crippen molar-refractivity contribution in [3.05, 3.63) is 35.4 Å². The minimum atomic E-state index is -1.86. The molecule has 0 heterocycles. The molecule has 0 aliphatic carbocycles. The molecule has 0 N–H and O–H groups in total. The summed E-state index contributed by atoms with van der Waals surface area (Å²) >= 11 is 0. The molecule has 5 heteroatoms. The quantitative estimate of drug-likeness (QED) is 0.399. The number of Topliss-reactive ketones (excluding diaryl/α,β-unsaturated/α-hetero) is 2. The van der Waals surface area contributed by atoms with Crippen LogP contribution in [0.3, 0.4) is 0 Å². The summed E-state index contributed by atoms with van der Waals surface area (Å²) in [6.07, 6.45) is 0.131. The highest BCUT2D eigenvalue weighted by molar-refractivity contribution is 6.36. The molecule has 0 spiro atoms. The van der Waals surface area contributed by atoms with E-state index in [1.54, 1.807) is 18.2 Å².